The number of carboxylic acid groups (broad SMARTS) is 1. The van der Waals surface area contributed by atoms with E-state index in [9.17, 15) is 14.4 Å². The molecule has 0 unspecified atom stereocenters. The third-order valence-corrected chi connectivity index (χ3v) is 7.43. The number of carbonyl (C=O) groups excluding carboxylic acids is 2. The van der Waals surface area contributed by atoms with Crippen molar-refractivity contribution < 1.29 is 43.2 Å². The quantitative estimate of drug-likeness (QED) is 0.132. The fourth-order valence-corrected chi connectivity index (χ4v) is 4.69. The van der Waals surface area contributed by atoms with E-state index in [2.05, 4.69) is 10.3 Å². The second-order valence-electron chi connectivity index (χ2n) is 11.0. The number of aliphatic carboxylic acids is 1. The molecule has 2 aromatic carbocycles. The second-order valence-corrected chi connectivity index (χ2v) is 11.0. The first-order valence-corrected chi connectivity index (χ1v) is 15.9. The average Bonchev–Trinajstić information content (AvgIpc) is 3.05. The number of aromatic nitrogens is 1. The first-order chi connectivity index (χ1) is 22.9. The summed E-state index contributed by atoms with van der Waals surface area (Å²) in [5.41, 5.74) is 9.03. The van der Waals surface area contributed by atoms with Gasteiger partial charge in [-0.15, -0.1) is 0 Å². The number of pyridine rings is 1. The molecule has 12 heteroatoms. The Kier molecular flexibility index (Phi) is 14.6. The summed E-state index contributed by atoms with van der Waals surface area (Å²) in [7, 11) is 0. The van der Waals surface area contributed by atoms with Gasteiger partial charge in [-0.05, 0) is 80.1 Å². The van der Waals surface area contributed by atoms with Crippen molar-refractivity contribution in [2.24, 2.45) is 5.73 Å². The molecule has 1 heterocycles. The Morgan fingerprint density at radius 3 is 2.19 bits per heavy atom. The fourth-order valence-electron chi connectivity index (χ4n) is 4.69. The molecule has 1 aliphatic carbocycles. The number of nitrogens with zero attached hydrogens (tertiary/aromatic N) is 1. The van der Waals surface area contributed by atoms with Crippen LogP contribution >= 0.6 is 0 Å². The number of amides is 2. The highest BCUT2D eigenvalue weighted by Gasteiger charge is 2.20. The molecule has 252 valence electrons. The number of ether oxygens (including phenoxy) is 5. The van der Waals surface area contributed by atoms with Gasteiger partial charge in [0.25, 0.3) is 5.91 Å². The molecule has 0 bridgehead atoms. The molecule has 0 radical (unpaired) electrons. The fraction of sp³-hybridized carbons (Fsp3) is 0.429. The summed E-state index contributed by atoms with van der Waals surface area (Å²) in [6.07, 6.45) is 6.37. The third kappa shape index (κ3) is 12.4. The topological polar surface area (TPSA) is 169 Å². The summed E-state index contributed by atoms with van der Waals surface area (Å²) in [6.45, 7) is 3.24. The van der Waals surface area contributed by atoms with Crippen molar-refractivity contribution in [3.05, 3.63) is 77.5 Å². The number of aryl methyl sites for hydroxylation is 1. The number of benzene rings is 2. The Labute approximate surface area is 274 Å². The van der Waals surface area contributed by atoms with E-state index in [1.165, 1.54) is 6.20 Å². The molecular formula is C35H43N3O9. The number of primary amides is 1. The van der Waals surface area contributed by atoms with E-state index >= 15 is 0 Å². The van der Waals surface area contributed by atoms with Gasteiger partial charge in [0.15, 0.2) is 0 Å². The van der Waals surface area contributed by atoms with E-state index in [1.807, 2.05) is 30.3 Å². The van der Waals surface area contributed by atoms with Gasteiger partial charge >= 0.3 is 5.97 Å². The lowest BCUT2D eigenvalue weighted by molar-refractivity contribution is -0.138. The molecule has 4 N–H and O–H groups in total. The summed E-state index contributed by atoms with van der Waals surface area (Å²) >= 11 is 0. The lowest BCUT2D eigenvalue weighted by Crippen LogP contribution is -2.24. The van der Waals surface area contributed by atoms with Gasteiger partial charge in [-0.25, -0.2) is 0 Å². The van der Waals surface area contributed by atoms with Gasteiger partial charge in [0.1, 0.15) is 5.75 Å². The molecular weight excluding hydrogens is 606 g/mol. The van der Waals surface area contributed by atoms with Crippen molar-refractivity contribution in [3.8, 4) is 17.0 Å². The van der Waals surface area contributed by atoms with E-state index < -0.39 is 11.9 Å². The first kappa shape index (κ1) is 35.5. The van der Waals surface area contributed by atoms with Gasteiger partial charge in [0.2, 0.25) is 5.91 Å². The monoisotopic (exact) mass is 649 g/mol. The molecule has 0 atom stereocenters. The maximum absolute atomic E-state index is 13.4. The average molecular weight is 650 g/mol. The molecule has 2 amide bonds. The highest BCUT2D eigenvalue weighted by molar-refractivity contribution is 6.06. The molecule has 1 fully saturated rings. The predicted octanol–water partition coefficient (Wildman–Crippen LogP) is 4.50. The van der Waals surface area contributed by atoms with Crippen LogP contribution in [0.4, 0.5) is 5.69 Å². The van der Waals surface area contributed by atoms with E-state index in [0.29, 0.717) is 80.1 Å². The maximum atomic E-state index is 13.4. The summed E-state index contributed by atoms with van der Waals surface area (Å²) in [4.78, 5) is 40.0. The minimum absolute atomic E-state index is 0.0171. The smallest absolute Gasteiger partial charge is 0.305 e. The van der Waals surface area contributed by atoms with Gasteiger partial charge in [0.05, 0.1) is 70.2 Å². The van der Waals surface area contributed by atoms with Crippen LogP contribution in [0.25, 0.3) is 11.3 Å². The van der Waals surface area contributed by atoms with E-state index in [-0.39, 0.29) is 25.0 Å². The van der Waals surface area contributed by atoms with Crippen molar-refractivity contribution >= 4 is 23.5 Å². The summed E-state index contributed by atoms with van der Waals surface area (Å²) in [5.74, 6) is -1.04. The lowest BCUT2D eigenvalue weighted by Gasteiger charge is -2.26. The SMILES string of the molecule is NC(=O)c1ccnc(-c2cc(OC3CCC3)ccc2NC(=O)c2cccc(CCCOCCOCCOCCOCCC(=O)O)c2)c1. The number of anilines is 1. The zero-order chi connectivity index (χ0) is 33.3. The van der Waals surface area contributed by atoms with Crippen LogP contribution in [0.2, 0.25) is 0 Å². The predicted molar refractivity (Wildman–Crippen MR) is 175 cm³/mol. The highest BCUT2D eigenvalue weighted by atomic mass is 16.6. The highest BCUT2D eigenvalue weighted by Crippen LogP contribution is 2.34. The standard InChI is InChI=1S/C35H43N3O9/c36-34(41)26-11-13-37-32(23-26)30-24-29(47-28-7-2-8-28)9-10-31(30)38-35(42)27-6-1-4-25(22-27)5-3-14-43-16-18-45-20-21-46-19-17-44-15-12-33(39)40/h1,4,6,9-11,13,22-24,28H,2-3,5,7-8,12,14-21H2,(H2,36,41)(H,38,42)(H,39,40). The molecule has 0 spiro atoms. The van der Waals surface area contributed by atoms with Gasteiger partial charge in [-0.1, -0.05) is 12.1 Å². The second kappa shape index (κ2) is 19.3. The van der Waals surface area contributed by atoms with Gasteiger partial charge < -0.3 is 39.8 Å². The van der Waals surface area contributed by atoms with Crippen molar-refractivity contribution in [2.45, 2.75) is 44.6 Å². The van der Waals surface area contributed by atoms with Crippen LogP contribution in [0.5, 0.6) is 5.75 Å². The van der Waals surface area contributed by atoms with Crippen LogP contribution in [0.3, 0.4) is 0 Å². The Bertz CT molecular complexity index is 1460. The number of nitrogens with two attached hydrogens (primary N) is 1. The summed E-state index contributed by atoms with van der Waals surface area (Å²) < 4.78 is 27.8. The third-order valence-electron chi connectivity index (χ3n) is 7.43. The zero-order valence-corrected chi connectivity index (χ0v) is 26.5. The Morgan fingerprint density at radius 2 is 1.53 bits per heavy atom. The van der Waals surface area contributed by atoms with Crippen LogP contribution < -0.4 is 15.8 Å². The minimum Gasteiger partial charge on any atom is -0.490 e. The van der Waals surface area contributed by atoms with Crippen LogP contribution in [-0.4, -0.2) is 86.8 Å². The number of rotatable bonds is 22. The van der Waals surface area contributed by atoms with Crippen LogP contribution in [-0.2, 0) is 30.2 Å². The van der Waals surface area contributed by atoms with E-state index in [0.717, 1.165) is 37.7 Å². The number of carbonyl (C=O) groups is 3. The molecule has 0 saturated heterocycles. The molecule has 12 nitrogen and oxygen atoms in total. The maximum Gasteiger partial charge on any atom is 0.305 e. The largest absolute Gasteiger partial charge is 0.490 e. The Balaban J connectivity index is 1.20. The number of hydrogen-bond donors (Lipinski definition) is 3. The Hall–Kier alpha value is -4.36. The molecule has 1 aromatic heterocycles. The van der Waals surface area contributed by atoms with Crippen LogP contribution in [0.1, 0.15) is 58.4 Å². The molecule has 47 heavy (non-hydrogen) atoms. The van der Waals surface area contributed by atoms with Gasteiger partial charge in [-0.3, -0.25) is 19.4 Å². The first-order valence-electron chi connectivity index (χ1n) is 15.9. The van der Waals surface area contributed by atoms with E-state index in [4.69, 9.17) is 34.5 Å². The number of nitrogens with one attached hydrogen (secondary N) is 1. The summed E-state index contributed by atoms with van der Waals surface area (Å²) in [6, 6.07) is 16.1. The zero-order valence-electron chi connectivity index (χ0n) is 26.5. The van der Waals surface area contributed by atoms with Crippen molar-refractivity contribution in [1.82, 2.24) is 4.98 Å². The number of hydrogen-bond acceptors (Lipinski definition) is 9. The molecule has 1 saturated carbocycles. The molecule has 1 aliphatic rings. The van der Waals surface area contributed by atoms with Crippen molar-refractivity contribution in [1.29, 1.82) is 0 Å². The van der Waals surface area contributed by atoms with Gasteiger partial charge in [0, 0.05) is 29.5 Å². The molecule has 0 aliphatic heterocycles. The summed E-state index contributed by atoms with van der Waals surface area (Å²) in [5, 5.41) is 11.6. The molecule has 3 aromatic rings. The van der Waals surface area contributed by atoms with Crippen molar-refractivity contribution in [2.75, 3.05) is 58.2 Å². The Morgan fingerprint density at radius 1 is 0.830 bits per heavy atom. The lowest BCUT2D eigenvalue weighted by atomic mass is 9.96. The molecule has 4 rings (SSSR count). The van der Waals surface area contributed by atoms with Crippen molar-refractivity contribution in [3.63, 3.8) is 0 Å². The normalized spacial score (nSPS) is 12.8. The number of carboxylic acids is 1. The van der Waals surface area contributed by atoms with Crippen LogP contribution in [0, 0.1) is 0 Å². The van der Waals surface area contributed by atoms with E-state index in [1.54, 1.807) is 24.3 Å². The minimum atomic E-state index is -0.885. The van der Waals surface area contributed by atoms with Crippen LogP contribution in [0.15, 0.2) is 60.8 Å². The van der Waals surface area contributed by atoms with Gasteiger partial charge in [-0.2, -0.15) is 0 Å².